The maximum atomic E-state index is 5.47. The quantitative estimate of drug-likeness (QED) is 0.860. The van der Waals surface area contributed by atoms with E-state index in [2.05, 4.69) is 23.5 Å². The Kier molecular flexibility index (Phi) is 3.06. The lowest BCUT2D eigenvalue weighted by Gasteiger charge is -2.28. The minimum atomic E-state index is 0.550. The van der Waals surface area contributed by atoms with Gasteiger partial charge in [0.25, 0.3) is 0 Å². The first-order chi connectivity index (χ1) is 8.38. The molecule has 0 bridgehead atoms. The van der Waals surface area contributed by atoms with Gasteiger partial charge in [-0.05, 0) is 43.4 Å². The maximum Gasteiger partial charge on any atom is 0.122 e. The molecule has 2 heteroatoms. The third-order valence-electron chi connectivity index (χ3n) is 4.09. The van der Waals surface area contributed by atoms with Crippen molar-refractivity contribution in [2.45, 2.75) is 38.1 Å². The van der Waals surface area contributed by atoms with Crippen LogP contribution in [0.25, 0.3) is 0 Å². The van der Waals surface area contributed by atoms with Gasteiger partial charge >= 0.3 is 0 Å². The molecule has 17 heavy (non-hydrogen) atoms. The molecule has 1 aliphatic heterocycles. The lowest BCUT2D eigenvalue weighted by atomic mass is 9.90. The number of benzene rings is 1. The first-order valence-corrected chi connectivity index (χ1v) is 6.77. The number of nitrogens with one attached hydrogen (secondary N) is 1. The van der Waals surface area contributed by atoms with Crippen molar-refractivity contribution in [2.75, 3.05) is 13.7 Å². The van der Waals surface area contributed by atoms with Gasteiger partial charge in [-0.15, -0.1) is 0 Å². The van der Waals surface area contributed by atoms with Crippen molar-refractivity contribution < 1.29 is 4.74 Å². The van der Waals surface area contributed by atoms with Crippen LogP contribution in [0.15, 0.2) is 18.2 Å². The highest BCUT2D eigenvalue weighted by Gasteiger charge is 2.26. The standard InChI is InChI=1S/C15H21NO/c1-17-15-4-2-3-12-13(15)9-10-16-14(12)8-7-11-5-6-11/h2-4,11,14,16H,5-10H2,1H3. The fourth-order valence-electron chi connectivity index (χ4n) is 2.92. The predicted molar refractivity (Wildman–Crippen MR) is 69.4 cm³/mol. The largest absolute Gasteiger partial charge is 0.496 e. The highest BCUT2D eigenvalue weighted by Crippen LogP contribution is 2.38. The van der Waals surface area contributed by atoms with E-state index in [1.807, 2.05) is 0 Å². The molecule has 1 aromatic rings. The molecule has 0 radical (unpaired) electrons. The average Bonchev–Trinajstić information content (AvgIpc) is 3.19. The van der Waals surface area contributed by atoms with Crippen molar-refractivity contribution in [1.29, 1.82) is 0 Å². The van der Waals surface area contributed by atoms with Crippen LogP contribution < -0.4 is 10.1 Å². The van der Waals surface area contributed by atoms with E-state index in [0.29, 0.717) is 6.04 Å². The lowest BCUT2D eigenvalue weighted by molar-refractivity contribution is 0.395. The van der Waals surface area contributed by atoms with Gasteiger partial charge in [-0.3, -0.25) is 0 Å². The Labute approximate surface area is 103 Å². The fraction of sp³-hybridized carbons (Fsp3) is 0.600. The van der Waals surface area contributed by atoms with Gasteiger partial charge in [0.1, 0.15) is 5.75 Å². The van der Waals surface area contributed by atoms with E-state index in [4.69, 9.17) is 4.74 Å². The van der Waals surface area contributed by atoms with Crippen LogP contribution in [0.1, 0.15) is 42.9 Å². The zero-order chi connectivity index (χ0) is 11.7. The second kappa shape index (κ2) is 4.69. The van der Waals surface area contributed by atoms with Crippen LogP contribution in [0, 0.1) is 5.92 Å². The second-order valence-electron chi connectivity index (χ2n) is 5.31. The zero-order valence-electron chi connectivity index (χ0n) is 10.5. The molecular formula is C15H21NO. The van der Waals surface area contributed by atoms with Gasteiger partial charge in [0.05, 0.1) is 7.11 Å². The number of rotatable bonds is 4. The SMILES string of the molecule is COc1cccc2c1CCNC2CCC1CC1. The van der Waals surface area contributed by atoms with E-state index in [1.54, 1.807) is 7.11 Å². The molecule has 1 saturated carbocycles. The van der Waals surface area contributed by atoms with E-state index < -0.39 is 0 Å². The van der Waals surface area contributed by atoms with Gasteiger partial charge < -0.3 is 10.1 Å². The summed E-state index contributed by atoms with van der Waals surface area (Å²) in [5.74, 6) is 2.09. The van der Waals surface area contributed by atoms with Gasteiger partial charge in [-0.2, -0.15) is 0 Å². The number of ether oxygens (including phenoxy) is 1. The third-order valence-corrected chi connectivity index (χ3v) is 4.09. The Morgan fingerprint density at radius 3 is 2.94 bits per heavy atom. The summed E-state index contributed by atoms with van der Waals surface area (Å²) in [5.41, 5.74) is 2.89. The Balaban J connectivity index is 1.79. The summed E-state index contributed by atoms with van der Waals surface area (Å²) in [6.07, 6.45) is 6.67. The van der Waals surface area contributed by atoms with Gasteiger partial charge in [0.2, 0.25) is 0 Å². The summed E-state index contributed by atoms with van der Waals surface area (Å²) in [5, 5.41) is 3.65. The first kappa shape index (κ1) is 11.1. The number of methoxy groups -OCH3 is 1. The Morgan fingerprint density at radius 2 is 2.18 bits per heavy atom. The summed E-state index contributed by atoms with van der Waals surface area (Å²) in [4.78, 5) is 0. The molecule has 1 atom stereocenters. The number of hydrogen-bond donors (Lipinski definition) is 1. The molecule has 1 N–H and O–H groups in total. The van der Waals surface area contributed by atoms with E-state index >= 15 is 0 Å². The normalized spacial score (nSPS) is 23.2. The molecule has 0 saturated heterocycles. The monoisotopic (exact) mass is 231 g/mol. The molecule has 92 valence electrons. The molecule has 1 fully saturated rings. The highest BCUT2D eigenvalue weighted by molar-refractivity contribution is 5.43. The molecule has 2 nitrogen and oxygen atoms in total. The smallest absolute Gasteiger partial charge is 0.122 e. The minimum Gasteiger partial charge on any atom is -0.496 e. The summed E-state index contributed by atoms with van der Waals surface area (Å²) in [6, 6.07) is 7.02. The van der Waals surface area contributed by atoms with Crippen molar-refractivity contribution in [1.82, 2.24) is 5.32 Å². The molecule has 1 aromatic carbocycles. The molecule has 1 unspecified atom stereocenters. The maximum absolute atomic E-state index is 5.47. The summed E-state index contributed by atoms with van der Waals surface area (Å²) in [6.45, 7) is 1.09. The highest BCUT2D eigenvalue weighted by atomic mass is 16.5. The van der Waals surface area contributed by atoms with E-state index in [-0.39, 0.29) is 0 Å². The molecule has 1 aliphatic carbocycles. The Bertz CT molecular complexity index is 398. The Morgan fingerprint density at radius 1 is 1.29 bits per heavy atom. The molecule has 0 spiro atoms. The zero-order valence-corrected chi connectivity index (χ0v) is 10.5. The fourth-order valence-corrected chi connectivity index (χ4v) is 2.92. The van der Waals surface area contributed by atoms with Crippen LogP contribution in [0.2, 0.25) is 0 Å². The van der Waals surface area contributed by atoms with Gasteiger partial charge in [0, 0.05) is 11.6 Å². The van der Waals surface area contributed by atoms with Gasteiger partial charge in [0.15, 0.2) is 0 Å². The van der Waals surface area contributed by atoms with Crippen molar-refractivity contribution in [2.24, 2.45) is 5.92 Å². The van der Waals surface area contributed by atoms with Crippen molar-refractivity contribution in [3.05, 3.63) is 29.3 Å². The third kappa shape index (κ3) is 2.32. The van der Waals surface area contributed by atoms with E-state index in [9.17, 15) is 0 Å². The molecule has 2 aliphatic rings. The predicted octanol–water partition coefficient (Wildman–Crippen LogP) is 3.07. The molecule has 1 heterocycles. The van der Waals surface area contributed by atoms with Crippen LogP contribution in [-0.2, 0) is 6.42 Å². The van der Waals surface area contributed by atoms with Crippen molar-refractivity contribution in [3.63, 3.8) is 0 Å². The van der Waals surface area contributed by atoms with Crippen LogP contribution in [-0.4, -0.2) is 13.7 Å². The summed E-state index contributed by atoms with van der Waals surface area (Å²) >= 11 is 0. The lowest BCUT2D eigenvalue weighted by Crippen LogP contribution is -2.30. The van der Waals surface area contributed by atoms with E-state index in [1.165, 1.54) is 36.8 Å². The topological polar surface area (TPSA) is 21.3 Å². The first-order valence-electron chi connectivity index (χ1n) is 6.77. The molecule has 3 rings (SSSR count). The van der Waals surface area contributed by atoms with Crippen LogP contribution >= 0.6 is 0 Å². The van der Waals surface area contributed by atoms with Crippen LogP contribution in [0.3, 0.4) is 0 Å². The second-order valence-corrected chi connectivity index (χ2v) is 5.31. The van der Waals surface area contributed by atoms with Crippen LogP contribution in [0.4, 0.5) is 0 Å². The molecule has 0 amide bonds. The van der Waals surface area contributed by atoms with Crippen molar-refractivity contribution in [3.8, 4) is 5.75 Å². The average molecular weight is 231 g/mol. The van der Waals surface area contributed by atoms with Gasteiger partial charge in [-0.1, -0.05) is 25.0 Å². The molecular weight excluding hydrogens is 210 g/mol. The summed E-state index contributed by atoms with van der Waals surface area (Å²) in [7, 11) is 1.77. The number of hydrogen-bond acceptors (Lipinski definition) is 2. The van der Waals surface area contributed by atoms with Gasteiger partial charge in [-0.25, -0.2) is 0 Å². The minimum absolute atomic E-state index is 0.550. The Hall–Kier alpha value is -1.02. The summed E-state index contributed by atoms with van der Waals surface area (Å²) < 4.78 is 5.47. The van der Waals surface area contributed by atoms with E-state index in [0.717, 1.165) is 24.6 Å². The number of fused-ring (bicyclic) bond motifs is 1. The molecule has 0 aromatic heterocycles. The van der Waals surface area contributed by atoms with Crippen molar-refractivity contribution >= 4 is 0 Å². The van der Waals surface area contributed by atoms with Crippen LogP contribution in [0.5, 0.6) is 5.75 Å².